The normalized spacial score (nSPS) is 19.1. The van der Waals surface area contributed by atoms with E-state index in [1.165, 1.54) is 0 Å². The Morgan fingerprint density at radius 2 is 1.88 bits per heavy atom. The van der Waals surface area contributed by atoms with E-state index in [1.807, 2.05) is 28.0 Å². The van der Waals surface area contributed by atoms with Crippen molar-refractivity contribution in [3.8, 4) is 0 Å². The Hall–Kier alpha value is -2.41. The minimum atomic E-state index is 0.0403. The summed E-state index contributed by atoms with van der Waals surface area (Å²) in [6.45, 7) is 3.95. The number of H-pyrrole nitrogens is 1. The van der Waals surface area contributed by atoms with Crippen molar-refractivity contribution in [2.24, 2.45) is 5.92 Å². The largest absolute Gasteiger partial charge is 0.378 e. The number of nitrogens with one attached hydrogen (secondary N) is 1. The zero-order valence-electron chi connectivity index (χ0n) is 14.8. The first-order valence-corrected chi connectivity index (χ1v) is 9.27. The van der Waals surface area contributed by atoms with Gasteiger partial charge in [-0.05, 0) is 24.5 Å². The zero-order chi connectivity index (χ0) is 17.9. The average Bonchev–Trinajstić information content (AvgIpc) is 3.16. The molecule has 0 radical (unpaired) electrons. The van der Waals surface area contributed by atoms with Gasteiger partial charge in [-0.15, -0.1) is 0 Å². The zero-order valence-corrected chi connectivity index (χ0v) is 14.8. The van der Waals surface area contributed by atoms with Crippen molar-refractivity contribution in [3.63, 3.8) is 0 Å². The van der Waals surface area contributed by atoms with Crippen molar-refractivity contribution in [2.45, 2.75) is 19.3 Å². The topological polar surface area (TPSA) is 78.5 Å². The number of benzene rings is 1. The van der Waals surface area contributed by atoms with Gasteiger partial charge >= 0.3 is 0 Å². The molecule has 1 N–H and O–H groups in total. The van der Waals surface area contributed by atoms with Gasteiger partial charge in [0, 0.05) is 37.5 Å². The summed E-state index contributed by atoms with van der Waals surface area (Å²) in [7, 11) is 0. The summed E-state index contributed by atoms with van der Waals surface area (Å²) in [6, 6.07) is 5.94. The van der Waals surface area contributed by atoms with Crippen LogP contribution in [0.15, 0.2) is 24.4 Å². The summed E-state index contributed by atoms with van der Waals surface area (Å²) in [5.74, 6) is 0.393. The van der Waals surface area contributed by atoms with E-state index >= 15 is 0 Å². The highest BCUT2D eigenvalue weighted by Crippen LogP contribution is 2.21. The maximum atomic E-state index is 12.6. The first-order valence-electron chi connectivity index (χ1n) is 9.27. The van der Waals surface area contributed by atoms with Gasteiger partial charge in [0.1, 0.15) is 0 Å². The third-order valence-electron chi connectivity index (χ3n) is 5.38. The fourth-order valence-electron chi connectivity index (χ4n) is 3.80. The Morgan fingerprint density at radius 3 is 2.65 bits per heavy atom. The number of amides is 2. The van der Waals surface area contributed by atoms with Crippen LogP contribution < -0.4 is 0 Å². The van der Waals surface area contributed by atoms with Crippen molar-refractivity contribution in [2.75, 3.05) is 39.4 Å². The number of hydrogen-bond acceptors (Lipinski definition) is 4. The molecule has 7 nitrogen and oxygen atoms in total. The van der Waals surface area contributed by atoms with Gasteiger partial charge < -0.3 is 14.5 Å². The molecule has 2 fully saturated rings. The molecule has 4 rings (SSSR count). The molecule has 3 heterocycles. The van der Waals surface area contributed by atoms with Crippen molar-refractivity contribution < 1.29 is 14.3 Å². The van der Waals surface area contributed by atoms with E-state index in [4.69, 9.17) is 4.74 Å². The molecule has 2 aliphatic rings. The number of morpholine rings is 1. The van der Waals surface area contributed by atoms with Crippen LogP contribution in [0.2, 0.25) is 0 Å². The Bertz CT molecular complexity index is 789. The molecule has 0 bridgehead atoms. The van der Waals surface area contributed by atoms with Gasteiger partial charge in [0.15, 0.2) is 0 Å². The summed E-state index contributed by atoms with van der Waals surface area (Å²) in [5, 5.41) is 7.99. The number of ether oxygens (including phenoxy) is 1. The molecule has 0 atom stereocenters. The number of carbonyl (C=O) groups excluding carboxylic acids is 2. The fourth-order valence-corrected chi connectivity index (χ4v) is 3.80. The van der Waals surface area contributed by atoms with Crippen LogP contribution in [0.5, 0.6) is 0 Å². The lowest BCUT2D eigenvalue weighted by Crippen LogP contribution is -2.47. The molecule has 1 aromatic carbocycles. The molecule has 2 aliphatic heterocycles. The number of aromatic amines is 1. The average molecular weight is 356 g/mol. The first-order chi connectivity index (χ1) is 12.7. The third kappa shape index (κ3) is 3.58. The predicted octanol–water partition coefficient (Wildman–Crippen LogP) is 1.20. The van der Waals surface area contributed by atoms with E-state index in [0.29, 0.717) is 45.8 Å². The molecule has 0 spiro atoms. The lowest BCUT2D eigenvalue weighted by atomic mass is 9.94. The quantitative estimate of drug-likeness (QED) is 0.896. The molecule has 2 amide bonds. The van der Waals surface area contributed by atoms with Crippen LogP contribution in [0, 0.1) is 5.92 Å². The number of likely N-dealkylation sites (tertiary alicyclic amines) is 1. The lowest BCUT2D eigenvalue weighted by Gasteiger charge is -2.35. The monoisotopic (exact) mass is 356 g/mol. The van der Waals surface area contributed by atoms with Gasteiger partial charge in [-0.2, -0.15) is 5.10 Å². The van der Waals surface area contributed by atoms with E-state index in [1.54, 1.807) is 6.20 Å². The van der Waals surface area contributed by atoms with Crippen LogP contribution in [-0.2, 0) is 20.7 Å². The van der Waals surface area contributed by atoms with Crippen LogP contribution in [0.25, 0.3) is 10.9 Å². The second kappa shape index (κ2) is 7.45. The molecular weight excluding hydrogens is 332 g/mol. The Morgan fingerprint density at radius 1 is 1.12 bits per heavy atom. The minimum absolute atomic E-state index is 0.0403. The predicted molar refractivity (Wildman–Crippen MR) is 96.5 cm³/mol. The Labute approximate surface area is 152 Å². The molecule has 26 heavy (non-hydrogen) atoms. The van der Waals surface area contributed by atoms with Gasteiger partial charge in [0.25, 0.3) is 0 Å². The molecule has 0 aliphatic carbocycles. The lowest BCUT2D eigenvalue weighted by molar-refractivity contribution is -0.143. The third-order valence-corrected chi connectivity index (χ3v) is 5.38. The number of fused-ring (bicyclic) bond motifs is 1. The standard InChI is InChI=1S/C19H24N4O3/c24-18(12-14-1-2-16-13-20-21-17(16)11-14)22-5-3-15(4-6-22)19(25)23-7-9-26-10-8-23/h1-2,11,13,15H,3-10,12H2,(H,20,21). The van der Waals surface area contributed by atoms with Gasteiger partial charge in [-0.25, -0.2) is 0 Å². The maximum Gasteiger partial charge on any atom is 0.226 e. The Balaban J connectivity index is 1.30. The second-order valence-corrected chi connectivity index (χ2v) is 7.06. The highest BCUT2D eigenvalue weighted by atomic mass is 16.5. The van der Waals surface area contributed by atoms with Crippen LogP contribution in [0.1, 0.15) is 18.4 Å². The molecule has 0 saturated carbocycles. The van der Waals surface area contributed by atoms with E-state index in [-0.39, 0.29) is 17.7 Å². The van der Waals surface area contributed by atoms with E-state index < -0.39 is 0 Å². The van der Waals surface area contributed by atoms with E-state index in [9.17, 15) is 9.59 Å². The summed E-state index contributed by atoms with van der Waals surface area (Å²) in [4.78, 5) is 29.0. The molecule has 7 heteroatoms. The number of carbonyl (C=O) groups is 2. The molecule has 1 aromatic heterocycles. The number of piperidine rings is 1. The van der Waals surface area contributed by atoms with Gasteiger partial charge in [-0.1, -0.05) is 12.1 Å². The van der Waals surface area contributed by atoms with Gasteiger partial charge in [0.2, 0.25) is 11.8 Å². The van der Waals surface area contributed by atoms with Gasteiger partial charge in [0.05, 0.1) is 31.3 Å². The minimum Gasteiger partial charge on any atom is -0.378 e. The van der Waals surface area contributed by atoms with Crippen molar-refractivity contribution >= 4 is 22.7 Å². The van der Waals surface area contributed by atoms with Crippen molar-refractivity contribution in [3.05, 3.63) is 30.0 Å². The SMILES string of the molecule is O=C(Cc1ccc2cn[nH]c2c1)N1CCC(C(=O)N2CCOCC2)CC1. The van der Waals surface area contributed by atoms with Crippen molar-refractivity contribution in [1.82, 2.24) is 20.0 Å². The number of aromatic nitrogens is 2. The summed E-state index contributed by atoms with van der Waals surface area (Å²) in [5.41, 5.74) is 1.93. The van der Waals surface area contributed by atoms with Crippen LogP contribution in [0.4, 0.5) is 0 Å². The van der Waals surface area contributed by atoms with Crippen LogP contribution in [-0.4, -0.2) is 71.2 Å². The fraction of sp³-hybridized carbons (Fsp3) is 0.526. The van der Waals surface area contributed by atoms with Gasteiger partial charge in [-0.3, -0.25) is 14.7 Å². The number of nitrogens with zero attached hydrogens (tertiary/aromatic N) is 3. The van der Waals surface area contributed by atoms with Crippen LogP contribution >= 0.6 is 0 Å². The highest BCUT2D eigenvalue weighted by molar-refractivity contribution is 5.83. The molecule has 2 saturated heterocycles. The molecule has 0 unspecified atom stereocenters. The summed E-state index contributed by atoms with van der Waals surface area (Å²) < 4.78 is 5.31. The number of rotatable bonds is 3. The van der Waals surface area contributed by atoms with E-state index in [2.05, 4.69) is 10.2 Å². The number of hydrogen-bond donors (Lipinski definition) is 1. The maximum absolute atomic E-state index is 12.6. The summed E-state index contributed by atoms with van der Waals surface area (Å²) >= 11 is 0. The smallest absolute Gasteiger partial charge is 0.226 e. The Kier molecular flexibility index (Phi) is 4.88. The van der Waals surface area contributed by atoms with E-state index in [0.717, 1.165) is 29.3 Å². The first kappa shape index (κ1) is 17.0. The molecule has 2 aromatic rings. The second-order valence-electron chi connectivity index (χ2n) is 7.06. The van der Waals surface area contributed by atoms with Crippen LogP contribution in [0.3, 0.4) is 0 Å². The van der Waals surface area contributed by atoms with Crippen molar-refractivity contribution in [1.29, 1.82) is 0 Å². The molecular formula is C19H24N4O3. The molecule has 138 valence electrons. The highest BCUT2D eigenvalue weighted by Gasteiger charge is 2.30. The summed E-state index contributed by atoms with van der Waals surface area (Å²) in [6.07, 6.45) is 3.66.